The van der Waals surface area contributed by atoms with E-state index in [1.807, 2.05) is 0 Å². The zero-order valence-corrected chi connectivity index (χ0v) is 12.4. The van der Waals surface area contributed by atoms with E-state index in [4.69, 9.17) is 10.7 Å². The quantitative estimate of drug-likeness (QED) is 0.663. The Bertz CT molecular complexity index is 476. The van der Waals surface area contributed by atoms with Gasteiger partial charge in [-0.15, -0.1) is 0 Å². The van der Waals surface area contributed by atoms with Crippen LogP contribution >= 0.6 is 0 Å². The third-order valence-corrected chi connectivity index (χ3v) is 4.66. The van der Waals surface area contributed by atoms with Crippen LogP contribution in [-0.4, -0.2) is 30.5 Å². The molecule has 0 atom stereocenters. The maximum absolute atomic E-state index is 6.17. The van der Waals surface area contributed by atoms with Crippen molar-refractivity contribution in [1.29, 1.82) is 0 Å². The number of piperidine rings is 1. The number of benzene rings is 1. The summed E-state index contributed by atoms with van der Waals surface area (Å²) in [4.78, 5) is 6.95. The molecule has 2 N–H and O–H groups in total. The van der Waals surface area contributed by atoms with Crippen molar-refractivity contribution in [3.05, 3.63) is 35.4 Å². The summed E-state index contributed by atoms with van der Waals surface area (Å²) in [6, 6.07) is 8.77. The lowest BCUT2D eigenvalue weighted by Gasteiger charge is -2.29. The summed E-state index contributed by atoms with van der Waals surface area (Å²) in [5.41, 5.74) is 9.38. The molecule has 0 bridgehead atoms. The summed E-state index contributed by atoms with van der Waals surface area (Å²) >= 11 is 0. The zero-order chi connectivity index (χ0) is 14.0. The van der Waals surface area contributed by atoms with Crippen molar-refractivity contribution in [3.8, 4) is 0 Å². The SMILES string of the molecule is CC1(CN=C(N)N2CCCCC2)Cc2ccccc2C1. The smallest absolute Gasteiger partial charge is 0.191 e. The van der Waals surface area contributed by atoms with Crippen LogP contribution in [0.5, 0.6) is 0 Å². The van der Waals surface area contributed by atoms with Crippen molar-refractivity contribution in [3.63, 3.8) is 0 Å². The maximum Gasteiger partial charge on any atom is 0.191 e. The van der Waals surface area contributed by atoms with Crippen molar-refractivity contribution >= 4 is 5.96 Å². The highest BCUT2D eigenvalue weighted by Gasteiger charge is 2.32. The number of hydrogen-bond donors (Lipinski definition) is 1. The van der Waals surface area contributed by atoms with Crippen molar-refractivity contribution in [2.45, 2.75) is 39.0 Å². The van der Waals surface area contributed by atoms with Crippen molar-refractivity contribution in [2.75, 3.05) is 19.6 Å². The number of likely N-dealkylation sites (tertiary alicyclic amines) is 1. The summed E-state index contributed by atoms with van der Waals surface area (Å²) < 4.78 is 0. The molecule has 1 heterocycles. The van der Waals surface area contributed by atoms with E-state index in [0.29, 0.717) is 0 Å². The Hall–Kier alpha value is -1.51. The number of nitrogens with zero attached hydrogens (tertiary/aromatic N) is 2. The van der Waals surface area contributed by atoms with E-state index in [0.717, 1.165) is 38.4 Å². The van der Waals surface area contributed by atoms with E-state index in [1.54, 1.807) is 0 Å². The van der Waals surface area contributed by atoms with E-state index in [9.17, 15) is 0 Å². The molecule has 0 aromatic heterocycles. The fraction of sp³-hybridized carbons (Fsp3) is 0.588. The Morgan fingerprint density at radius 3 is 2.35 bits per heavy atom. The lowest BCUT2D eigenvalue weighted by atomic mass is 9.87. The first-order chi connectivity index (χ1) is 9.66. The fourth-order valence-electron chi connectivity index (χ4n) is 3.49. The van der Waals surface area contributed by atoms with Crippen LogP contribution < -0.4 is 5.73 Å². The molecular formula is C17H25N3. The van der Waals surface area contributed by atoms with Crippen LogP contribution in [0.2, 0.25) is 0 Å². The Morgan fingerprint density at radius 2 is 1.75 bits per heavy atom. The largest absolute Gasteiger partial charge is 0.370 e. The van der Waals surface area contributed by atoms with Gasteiger partial charge in [0, 0.05) is 19.6 Å². The molecule has 1 saturated heterocycles. The fourth-order valence-corrected chi connectivity index (χ4v) is 3.49. The van der Waals surface area contributed by atoms with Gasteiger partial charge in [-0.25, -0.2) is 0 Å². The van der Waals surface area contributed by atoms with Crippen LogP contribution in [0, 0.1) is 5.41 Å². The lowest BCUT2D eigenvalue weighted by Crippen LogP contribution is -2.41. The molecule has 20 heavy (non-hydrogen) atoms. The minimum absolute atomic E-state index is 0.240. The molecule has 2 aliphatic rings. The topological polar surface area (TPSA) is 41.6 Å². The molecule has 3 heteroatoms. The molecule has 0 spiro atoms. The Balaban J connectivity index is 1.63. The van der Waals surface area contributed by atoms with E-state index >= 15 is 0 Å². The summed E-state index contributed by atoms with van der Waals surface area (Å²) in [6.07, 6.45) is 6.08. The van der Waals surface area contributed by atoms with E-state index < -0.39 is 0 Å². The van der Waals surface area contributed by atoms with Gasteiger partial charge in [0.1, 0.15) is 0 Å². The van der Waals surface area contributed by atoms with Crippen LogP contribution in [0.4, 0.5) is 0 Å². The predicted molar refractivity (Wildman–Crippen MR) is 83.9 cm³/mol. The van der Waals surface area contributed by atoms with Gasteiger partial charge in [0.05, 0.1) is 0 Å². The Kier molecular flexibility index (Phi) is 3.68. The molecule has 0 amide bonds. The van der Waals surface area contributed by atoms with Gasteiger partial charge in [-0.05, 0) is 48.6 Å². The van der Waals surface area contributed by atoms with Crippen LogP contribution in [0.3, 0.4) is 0 Å². The molecule has 1 aromatic rings. The summed E-state index contributed by atoms with van der Waals surface area (Å²) in [5.74, 6) is 0.752. The molecular weight excluding hydrogens is 246 g/mol. The number of nitrogens with two attached hydrogens (primary N) is 1. The van der Waals surface area contributed by atoms with Crippen LogP contribution in [0.1, 0.15) is 37.3 Å². The molecule has 0 unspecified atom stereocenters. The highest BCUT2D eigenvalue weighted by Crippen LogP contribution is 2.36. The first-order valence-electron chi connectivity index (χ1n) is 7.78. The second-order valence-corrected chi connectivity index (χ2v) is 6.66. The molecule has 1 aliphatic carbocycles. The minimum Gasteiger partial charge on any atom is -0.370 e. The molecule has 1 aromatic carbocycles. The number of rotatable bonds is 2. The first kappa shape index (κ1) is 13.5. The molecule has 1 aliphatic heterocycles. The van der Waals surface area contributed by atoms with Gasteiger partial charge >= 0.3 is 0 Å². The van der Waals surface area contributed by atoms with Crippen LogP contribution in [0.15, 0.2) is 29.3 Å². The van der Waals surface area contributed by atoms with Gasteiger partial charge in [0.15, 0.2) is 5.96 Å². The molecule has 3 nitrogen and oxygen atoms in total. The van der Waals surface area contributed by atoms with Crippen molar-refractivity contribution in [2.24, 2.45) is 16.1 Å². The third kappa shape index (κ3) is 2.82. The average Bonchev–Trinajstić information content (AvgIpc) is 2.82. The Labute approximate surface area is 121 Å². The highest BCUT2D eigenvalue weighted by atomic mass is 15.3. The third-order valence-electron chi connectivity index (χ3n) is 4.66. The van der Waals surface area contributed by atoms with E-state index in [1.165, 1.54) is 30.4 Å². The predicted octanol–water partition coefficient (Wildman–Crippen LogP) is 2.59. The normalized spacial score (nSPS) is 21.9. The van der Waals surface area contributed by atoms with Gasteiger partial charge in [-0.2, -0.15) is 0 Å². The first-order valence-corrected chi connectivity index (χ1v) is 7.78. The van der Waals surface area contributed by atoms with Crippen LogP contribution in [-0.2, 0) is 12.8 Å². The Morgan fingerprint density at radius 1 is 1.15 bits per heavy atom. The van der Waals surface area contributed by atoms with Gasteiger partial charge in [0.25, 0.3) is 0 Å². The van der Waals surface area contributed by atoms with E-state index in [-0.39, 0.29) is 5.41 Å². The zero-order valence-electron chi connectivity index (χ0n) is 12.4. The number of hydrogen-bond acceptors (Lipinski definition) is 1. The van der Waals surface area contributed by atoms with Gasteiger partial charge in [-0.3, -0.25) is 4.99 Å². The lowest BCUT2D eigenvalue weighted by molar-refractivity contribution is 0.328. The standard InChI is InChI=1S/C17H25N3/c1-17(11-14-7-3-4-8-15(14)12-17)13-19-16(18)20-9-5-2-6-10-20/h3-4,7-8H,2,5-6,9-13H2,1H3,(H2,18,19). The second kappa shape index (κ2) is 5.47. The number of aliphatic imine (C=N–C) groups is 1. The minimum atomic E-state index is 0.240. The van der Waals surface area contributed by atoms with Gasteiger partial charge in [-0.1, -0.05) is 31.2 Å². The molecule has 0 radical (unpaired) electrons. The van der Waals surface area contributed by atoms with Gasteiger partial charge < -0.3 is 10.6 Å². The average molecular weight is 271 g/mol. The molecule has 0 saturated carbocycles. The summed E-state index contributed by atoms with van der Waals surface area (Å²) in [5, 5.41) is 0. The van der Waals surface area contributed by atoms with Crippen molar-refractivity contribution in [1.82, 2.24) is 4.90 Å². The molecule has 108 valence electrons. The number of guanidine groups is 1. The number of fused-ring (bicyclic) bond motifs is 1. The molecule has 3 rings (SSSR count). The monoisotopic (exact) mass is 271 g/mol. The summed E-state index contributed by atoms with van der Waals surface area (Å²) in [6.45, 7) is 5.32. The van der Waals surface area contributed by atoms with E-state index in [2.05, 4.69) is 36.1 Å². The van der Waals surface area contributed by atoms with Gasteiger partial charge in [0.2, 0.25) is 0 Å². The van der Waals surface area contributed by atoms with Crippen molar-refractivity contribution < 1.29 is 0 Å². The maximum atomic E-state index is 6.17. The second-order valence-electron chi connectivity index (χ2n) is 6.66. The van der Waals surface area contributed by atoms with Crippen LogP contribution in [0.25, 0.3) is 0 Å². The highest BCUT2D eigenvalue weighted by molar-refractivity contribution is 5.78. The molecule has 1 fully saturated rings. The summed E-state index contributed by atoms with van der Waals surface area (Å²) in [7, 11) is 0.